The van der Waals surface area contributed by atoms with Gasteiger partial charge in [-0.25, -0.2) is 4.79 Å². The number of hydrogen-bond donors (Lipinski definition) is 1. The molecule has 1 saturated heterocycles. The van der Waals surface area contributed by atoms with Crippen molar-refractivity contribution < 1.29 is 19.2 Å². The molecule has 2 aromatic rings. The van der Waals surface area contributed by atoms with E-state index >= 15 is 0 Å². The zero-order chi connectivity index (χ0) is 21.1. The molecule has 1 N–H and O–H groups in total. The Morgan fingerprint density at radius 2 is 2.00 bits per heavy atom. The number of rotatable bonds is 2. The maximum Gasteiger partial charge on any atom is 0.492 e. The lowest BCUT2D eigenvalue weighted by molar-refractivity contribution is 0.0194. The number of likely N-dealkylation sites (tertiary alicyclic amines) is 1. The largest absolute Gasteiger partial charge is 0.492 e. The van der Waals surface area contributed by atoms with E-state index in [1.54, 1.807) is 4.90 Å². The Morgan fingerprint density at radius 1 is 1.23 bits per heavy atom. The number of benzene rings is 2. The molecule has 156 valence electrons. The average Bonchev–Trinajstić information content (AvgIpc) is 3.40. The second-order valence-electron chi connectivity index (χ2n) is 9.78. The van der Waals surface area contributed by atoms with Crippen molar-refractivity contribution >= 4 is 18.7 Å². The van der Waals surface area contributed by atoms with Gasteiger partial charge in [0.25, 0.3) is 0 Å². The highest BCUT2D eigenvalue weighted by Crippen LogP contribution is 2.45. The van der Waals surface area contributed by atoms with Crippen LogP contribution < -0.4 is 5.46 Å². The molecule has 0 aromatic heterocycles. The molecule has 2 heterocycles. The molecule has 1 atom stereocenters. The molecule has 2 aromatic carbocycles. The van der Waals surface area contributed by atoms with Crippen LogP contribution in [0, 0.1) is 0 Å². The average molecular weight is 405 g/mol. The first kappa shape index (κ1) is 19.6. The summed E-state index contributed by atoms with van der Waals surface area (Å²) in [7, 11) is -0.980. The number of carbonyl (C=O) groups excluding carboxylic acids is 1. The second-order valence-corrected chi connectivity index (χ2v) is 9.78. The normalized spacial score (nSPS) is 23.2. The molecule has 2 aliphatic heterocycles. The van der Waals surface area contributed by atoms with Crippen molar-refractivity contribution in [1.29, 1.82) is 0 Å². The van der Waals surface area contributed by atoms with Gasteiger partial charge in [-0.05, 0) is 73.7 Å². The zero-order valence-electron chi connectivity index (χ0n) is 17.9. The lowest BCUT2D eigenvalue weighted by Gasteiger charge is -2.28. The highest BCUT2D eigenvalue weighted by atomic mass is 16.6. The molecular weight excluding hydrogens is 377 g/mol. The highest BCUT2D eigenvalue weighted by molar-refractivity contribution is 6.62. The van der Waals surface area contributed by atoms with E-state index in [-0.39, 0.29) is 6.09 Å². The minimum Gasteiger partial charge on any atom is -0.444 e. The van der Waals surface area contributed by atoms with Crippen molar-refractivity contribution in [2.45, 2.75) is 57.2 Å². The summed E-state index contributed by atoms with van der Waals surface area (Å²) in [6, 6.07) is 14.8. The zero-order valence-corrected chi connectivity index (χ0v) is 17.9. The van der Waals surface area contributed by atoms with E-state index in [1.165, 1.54) is 24.0 Å². The molecule has 6 heteroatoms. The molecule has 3 aliphatic rings. The lowest BCUT2D eigenvalue weighted by atomic mass is 9.76. The minimum absolute atomic E-state index is 0.333. The van der Waals surface area contributed by atoms with Gasteiger partial charge in [-0.3, -0.25) is 0 Å². The summed E-state index contributed by atoms with van der Waals surface area (Å²) in [4.78, 5) is 14.2. The van der Waals surface area contributed by atoms with Crippen LogP contribution in [0.2, 0.25) is 0 Å². The van der Waals surface area contributed by atoms with Crippen LogP contribution in [0.5, 0.6) is 0 Å². The van der Waals surface area contributed by atoms with Crippen LogP contribution in [-0.2, 0) is 15.0 Å². The van der Waals surface area contributed by atoms with Crippen LogP contribution >= 0.6 is 0 Å². The molecular formula is C24H28BNO4. The summed E-state index contributed by atoms with van der Waals surface area (Å²) in [6.45, 7) is 6.53. The van der Waals surface area contributed by atoms with E-state index in [4.69, 9.17) is 9.39 Å². The van der Waals surface area contributed by atoms with Crippen molar-refractivity contribution in [2.75, 3.05) is 13.1 Å². The first-order valence-electron chi connectivity index (χ1n) is 10.8. The Bertz CT molecular complexity index is 997. The van der Waals surface area contributed by atoms with E-state index < -0.39 is 18.3 Å². The number of ether oxygens (including phenoxy) is 1. The predicted octanol–water partition coefficient (Wildman–Crippen LogP) is 3.78. The minimum atomic E-state index is -0.980. The van der Waals surface area contributed by atoms with Gasteiger partial charge >= 0.3 is 13.2 Å². The number of fused-ring (bicyclic) bond motifs is 2. The maximum absolute atomic E-state index is 12.5. The summed E-state index contributed by atoms with van der Waals surface area (Å²) in [5, 5.41) is 10.7. The maximum atomic E-state index is 12.5. The highest BCUT2D eigenvalue weighted by Gasteiger charge is 2.52. The quantitative estimate of drug-likeness (QED) is 0.773. The summed E-state index contributed by atoms with van der Waals surface area (Å²) in [5.74, 6) is 0.652. The molecule has 0 radical (unpaired) electrons. The Hall–Kier alpha value is -2.31. The van der Waals surface area contributed by atoms with Crippen molar-refractivity contribution in [3.8, 4) is 11.1 Å². The molecule has 30 heavy (non-hydrogen) atoms. The summed E-state index contributed by atoms with van der Waals surface area (Å²) in [6.07, 6.45) is 2.81. The van der Waals surface area contributed by atoms with Crippen LogP contribution in [-0.4, -0.2) is 41.8 Å². The van der Waals surface area contributed by atoms with Gasteiger partial charge in [-0.1, -0.05) is 42.5 Å². The van der Waals surface area contributed by atoms with E-state index in [1.807, 2.05) is 20.8 Å². The number of nitrogens with zero attached hydrogens (tertiary/aromatic N) is 1. The van der Waals surface area contributed by atoms with Gasteiger partial charge in [0.1, 0.15) is 5.60 Å². The van der Waals surface area contributed by atoms with Crippen molar-refractivity contribution in [3.05, 3.63) is 53.6 Å². The fourth-order valence-corrected chi connectivity index (χ4v) is 4.78. The molecule has 0 bridgehead atoms. The summed E-state index contributed by atoms with van der Waals surface area (Å²) < 4.78 is 11.6. The predicted molar refractivity (Wildman–Crippen MR) is 117 cm³/mol. The number of carbonyl (C=O) groups is 1. The van der Waals surface area contributed by atoms with Crippen molar-refractivity contribution in [3.63, 3.8) is 0 Å². The van der Waals surface area contributed by atoms with Gasteiger partial charge in [-0.15, -0.1) is 0 Å². The molecule has 5 nitrogen and oxygen atoms in total. The Morgan fingerprint density at radius 3 is 2.73 bits per heavy atom. The fourth-order valence-electron chi connectivity index (χ4n) is 4.78. The molecule has 1 saturated carbocycles. The van der Waals surface area contributed by atoms with Gasteiger partial charge in [-0.2, -0.15) is 0 Å². The molecule has 1 amide bonds. The summed E-state index contributed by atoms with van der Waals surface area (Å²) in [5.41, 5.74) is 4.32. The van der Waals surface area contributed by atoms with E-state index in [0.717, 1.165) is 16.6 Å². The van der Waals surface area contributed by atoms with Gasteiger partial charge in [0.05, 0.1) is 12.1 Å². The van der Waals surface area contributed by atoms with E-state index in [0.29, 0.717) is 25.4 Å². The standard InChI is InChI=1S/C24H28BNO4/c1-23(2,3)29-22(27)26-13-12-24(15-26)20-11-10-17(14-21(20)25(28)30-24)19-7-5-4-6-18(19)16-8-9-16/h4-7,10-11,14,16,28H,8-9,12-13,15H2,1-3H3. The van der Waals surface area contributed by atoms with Gasteiger partial charge < -0.3 is 19.3 Å². The third-order valence-electron chi connectivity index (χ3n) is 6.32. The molecule has 5 rings (SSSR count). The van der Waals surface area contributed by atoms with E-state index in [2.05, 4.69) is 42.5 Å². The Kier molecular flexibility index (Phi) is 4.49. The molecule has 1 spiro atoms. The Balaban J connectivity index is 1.44. The third-order valence-corrected chi connectivity index (χ3v) is 6.32. The van der Waals surface area contributed by atoms with Crippen LogP contribution in [0.4, 0.5) is 4.79 Å². The number of hydrogen-bond acceptors (Lipinski definition) is 4. The molecule has 2 fully saturated rings. The topological polar surface area (TPSA) is 59.0 Å². The molecule has 1 aliphatic carbocycles. The third kappa shape index (κ3) is 3.42. The van der Waals surface area contributed by atoms with Crippen molar-refractivity contribution in [1.82, 2.24) is 4.90 Å². The van der Waals surface area contributed by atoms with Crippen LogP contribution in [0.1, 0.15) is 57.1 Å². The first-order chi connectivity index (χ1) is 14.3. The first-order valence-corrected chi connectivity index (χ1v) is 10.8. The lowest BCUT2D eigenvalue weighted by Crippen LogP contribution is -2.38. The van der Waals surface area contributed by atoms with Gasteiger partial charge in [0.2, 0.25) is 0 Å². The SMILES string of the molecule is CC(C)(C)OC(=O)N1CCC2(C1)OB(O)c1cc(-c3ccccc3C3CC3)ccc12. The van der Waals surface area contributed by atoms with Crippen LogP contribution in [0.25, 0.3) is 11.1 Å². The number of amides is 1. The Labute approximate surface area is 178 Å². The molecule has 1 unspecified atom stereocenters. The van der Waals surface area contributed by atoms with Gasteiger partial charge in [0.15, 0.2) is 0 Å². The summed E-state index contributed by atoms with van der Waals surface area (Å²) >= 11 is 0. The van der Waals surface area contributed by atoms with Crippen LogP contribution in [0.15, 0.2) is 42.5 Å². The smallest absolute Gasteiger partial charge is 0.444 e. The second kappa shape index (κ2) is 6.86. The fraction of sp³-hybridized carbons (Fsp3) is 0.458. The van der Waals surface area contributed by atoms with Crippen molar-refractivity contribution in [2.24, 2.45) is 0 Å². The monoisotopic (exact) mass is 405 g/mol. The van der Waals surface area contributed by atoms with Crippen LogP contribution in [0.3, 0.4) is 0 Å². The van der Waals surface area contributed by atoms with Gasteiger partial charge in [0, 0.05) is 6.54 Å². The van der Waals surface area contributed by atoms with E-state index in [9.17, 15) is 9.82 Å².